The molecule has 0 fully saturated rings. The summed E-state index contributed by atoms with van der Waals surface area (Å²) < 4.78 is 0. The van der Waals surface area contributed by atoms with E-state index in [0.29, 0.717) is 22.2 Å². The molecule has 1 atom stereocenters. The molecule has 17 heavy (non-hydrogen) atoms. The highest BCUT2D eigenvalue weighted by atomic mass is 35.5. The largest absolute Gasteiger partial charge is 0.480 e. The van der Waals surface area contributed by atoms with E-state index in [1.165, 1.54) is 0 Å². The third-order valence-electron chi connectivity index (χ3n) is 2.62. The molecule has 0 bridgehead atoms. The fraction of sp³-hybridized carbons (Fsp3) is 0.417. The van der Waals surface area contributed by atoms with Gasteiger partial charge in [0.1, 0.15) is 5.54 Å². The zero-order chi connectivity index (χ0) is 13.1. The van der Waals surface area contributed by atoms with Gasteiger partial charge in [0.05, 0.1) is 0 Å². The number of nitrogens with one attached hydrogen (secondary N) is 1. The van der Waals surface area contributed by atoms with Crippen molar-refractivity contribution < 1.29 is 9.90 Å². The Morgan fingerprint density at radius 1 is 1.47 bits per heavy atom. The lowest BCUT2D eigenvalue weighted by atomic mass is 9.92. The van der Waals surface area contributed by atoms with Crippen molar-refractivity contribution >= 4 is 29.2 Å². The van der Waals surface area contributed by atoms with Crippen LogP contribution in [0.4, 0.5) is 0 Å². The lowest BCUT2D eigenvalue weighted by Crippen LogP contribution is -2.47. The molecule has 5 heteroatoms. The van der Waals surface area contributed by atoms with Crippen molar-refractivity contribution in [3.05, 3.63) is 33.8 Å². The van der Waals surface area contributed by atoms with Gasteiger partial charge in [-0.2, -0.15) is 0 Å². The molecule has 1 aromatic rings. The molecule has 0 aliphatic rings. The SMILES string of the molecule is CCCNC(C)(C(=O)O)c1cc(Cl)ccc1Cl. The predicted octanol–water partition coefficient (Wildman–Crippen LogP) is 3.29. The van der Waals surface area contributed by atoms with Crippen LogP contribution in [0.5, 0.6) is 0 Å². The minimum Gasteiger partial charge on any atom is -0.480 e. The van der Waals surface area contributed by atoms with Crippen LogP contribution < -0.4 is 5.32 Å². The molecule has 0 aliphatic carbocycles. The second-order valence-corrected chi connectivity index (χ2v) is 4.82. The van der Waals surface area contributed by atoms with Gasteiger partial charge in [0, 0.05) is 15.6 Å². The Labute approximate surface area is 111 Å². The Kier molecular flexibility index (Phi) is 4.80. The maximum Gasteiger partial charge on any atom is 0.328 e. The molecule has 2 N–H and O–H groups in total. The van der Waals surface area contributed by atoms with Crippen LogP contribution in [0.2, 0.25) is 10.0 Å². The maximum absolute atomic E-state index is 11.4. The van der Waals surface area contributed by atoms with Crippen molar-refractivity contribution in [2.75, 3.05) is 6.54 Å². The molecule has 0 radical (unpaired) electrons. The number of carbonyl (C=O) groups is 1. The molecule has 1 rings (SSSR count). The second-order valence-electron chi connectivity index (χ2n) is 3.98. The Balaban J connectivity index is 3.21. The molecule has 0 amide bonds. The molecule has 0 aromatic heterocycles. The fourth-order valence-electron chi connectivity index (χ4n) is 1.54. The first kappa shape index (κ1) is 14.3. The minimum atomic E-state index is -1.22. The van der Waals surface area contributed by atoms with E-state index in [2.05, 4.69) is 5.32 Å². The number of hydrogen-bond donors (Lipinski definition) is 2. The summed E-state index contributed by atoms with van der Waals surface area (Å²) in [4.78, 5) is 11.4. The van der Waals surface area contributed by atoms with Gasteiger partial charge in [-0.05, 0) is 38.1 Å². The monoisotopic (exact) mass is 275 g/mol. The van der Waals surface area contributed by atoms with Crippen LogP contribution in [0.1, 0.15) is 25.8 Å². The molecule has 3 nitrogen and oxygen atoms in total. The van der Waals surface area contributed by atoms with E-state index in [-0.39, 0.29) is 0 Å². The summed E-state index contributed by atoms with van der Waals surface area (Å²) in [6, 6.07) is 4.82. The molecule has 0 spiro atoms. The average molecular weight is 276 g/mol. The fourth-order valence-corrected chi connectivity index (χ4v) is 2.02. The lowest BCUT2D eigenvalue weighted by Gasteiger charge is -2.27. The van der Waals surface area contributed by atoms with E-state index >= 15 is 0 Å². The summed E-state index contributed by atoms with van der Waals surface area (Å²) in [5.74, 6) is -0.977. The van der Waals surface area contributed by atoms with Crippen molar-refractivity contribution in [1.82, 2.24) is 5.32 Å². The van der Waals surface area contributed by atoms with Gasteiger partial charge in [0.15, 0.2) is 0 Å². The number of carboxylic acids is 1. The molecule has 0 aliphatic heterocycles. The Morgan fingerprint density at radius 3 is 2.65 bits per heavy atom. The topological polar surface area (TPSA) is 49.3 Å². The van der Waals surface area contributed by atoms with Crippen molar-refractivity contribution in [2.24, 2.45) is 0 Å². The van der Waals surface area contributed by atoms with Gasteiger partial charge in [0.25, 0.3) is 0 Å². The van der Waals surface area contributed by atoms with Gasteiger partial charge in [-0.1, -0.05) is 30.1 Å². The highest BCUT2D eigenvalue weighted by Gasteiger charge is 2.36. The normalized spacial score (nSPS) is 14.4. The zero-order valence-corrected chi connectivity index (χ0v) is 11.3. The third-order valence-corrected chi connectivity index (χ3v) is 3.19. The van der Waals surface area contributed by atoms with Gasteiger partial charge in [0.2, 0.25) is 0 Å². The lowest BCUT2D eigenvalue weighted by molar-refractivity contribution is -0.144. The summed E-state index contributed by atoms with van der Waals surface area (Å²) in [6.07, 6.45) is 0.834. The first-order chi connectivity index (χ1) is 7.91. The Hall–Kier alpha value is -0.770. The average Bonchev–Trinajstić information content (AvgIpc) is 2.29. The zero-order valence-electron chi connectivity index (χ0n) is 9.76. The first-order valence-electron chi connectivity index (χ1n) is 5.35. The molecular formula is C12H15Cl2NO2. The summed E-state index contributed by atoms with van der Waals surface area (Å²) >= 11 is 11.9. The number of carboxylic acid groups (broad SMARTS) is 1. The first-order valence-corrected chi connectivity index (χ1v) is 6.11. The van der Waals surface area contributed by atoms with Crippen LogP contribution in [-0.2, 0) is 10.3 Å². The van der Waals surface area contributed by atoms with Gasteiger partial charge < -0.3 is 5.11 Å². The highest BCUT2D eigenvalue weighted by molar-refractivity contribution is 6.33. The quantitative estimate of drug-likeness (QED) is 0.867. The second kappa shape index (κ2) is 5.71. The third kappa shape index (κ3) is 3.12. The molecule has 94 valence electrons. The van der Waals surface area contributed by atoms with E-state index in [9.17, 15) is 9.90 Å². The van der Waals surface area contributed by atoms with Crippen molar-refractivity contribution in [3.8, 4) is 0 Å². The van der Waals surface area contributed by atoms with Crippen LogP contribution in [-0.4, -0.2) is 17.6 Å². The standard InChI is InChI=1S/C12H15Cl2NO2/c1-3-6-15-12(2,11(16)17)9-7-8(13)4-5-10(9)14/h4-5,7,15H,3,6H2,1-2H3,(H,16,17). The van der Waals surface area contributed by atoms with Crippen LogP contribution in [0.25, 0.3) is 0 Å². The number of hydrogen-bond acceptors (Lipinski definition) is 2. The summed E-state index contributed by atoms with van der Waals surface area (Å²) in [5, 5.41) is 13.2. The van der Waals surface area contributed by atoms with Crippen LogP contribution in [0.15, 0.2) is 18.2 Å². The van der Waals surface area contributed by atoms with E-state index < -0.39 is 11.5 Å². The summed E-state index contributed by atoms with van der Waals surface area (Å²) in [5.41, 5.74) is -0.745. The number of benzene rings is 1. The van der Waals surface area contributed by atoms with Crippen molar-refractivity contribution in [2.45, 2.75) is 25.8 Å². The van der Waals surface area contributed by atoms with E-state index in [4.69, 9.17) is 23.2 Å². The van der Waals surface area contributed by atoms with E-state index in [1.807, 2.05) is 6.92 Å². The van der Waals surface area contributed by atoms with Gasteiger partial charge >= 0.3 is 5.97 Å². The van der Waals surface area contributed by atoms with Crippen molar-refractivity contribution in [3.63, 3.8) is 0 Å². The minimum absolute atomic E-state index is 0.392. The van der Waals surface area contributed by atoms with Crippen LogP contribution in [0.3, 0.4) is 0 Å². The molecule has 1 aromatic carbocycles. The molecule has 0 saturated carbocycles. The Bertz CT molecular complexity index is 423. The summed E-state index contributed by atoms with van der Waals surface area (Å²) in [6.45, 7) is 4.14. The van der Waals surface area contributed by atoms with Crippen LogP contribution >= 0.6 is 23.2 Å². The molecule has 0 heterocycles. The molecule has 1 unspecified atom stereocenters. The highest BCUT2D eigenvalue weighted by Crippen LogP contribution is 2.30. The number of rotatable bonds is 5. The Morgan fingerprint density at radius 2 is 2.12 bits per heavy atom. The smallest absolute Gasteiger partial charge is 0.328 e. The van der Waals surface area contributed by atoms with E-state index in [0.717, 1.165) is 6.42 Å². The van der Waals surface area contributed by atoms with Crippen molar-refractivity contribution in [1.29, 1.82) is 0 Å². The number of aliphatic carboxylic acids is 1. The maximum atomic E-state index is 11.4. The molecule has 0 saturated heterocycles. The van der Waals surface area contributed by atoms with Gasteiger partial charge in [-0.25, -0.2) is 4.79 Å². The van der Waals surface area contributed by atoms with Gasteiger partial charge in [-0.15, -0.1) is 0 Å². The van der Waals surface area contributed by atoms with E-state index in [1.54, 1.807) is 25.1 Å². The predicted molar refractivity (Wildman–Crippen MR) is 69.7 cm³/mol. The summed E-state index contributed by atoms with van der Waals surface area (Å²) in [7, 11) is 0. The van der Waals surface area contributed by atoms with Crippen LogP contribution in [0, 0.1) is 0 Å². The molecular weight excluding hydrogens is 261 g/mol. The van der Waals surface area contributed by atoms with Gasteiger partial charge in [-0.3, -0.25) is 5.32 Å². The number of halogens is 2.